The van der Waals surface area contributed by atoms with Gasteiger partial charge in [0.25, 0.3) is 5.56 Å². The minimum Gasteiger partial charge on any atom is -0.297 e. The van der Waals surface area contributed by atoms with Crippen molar-refractivity contribution < 1.29 is 4.79 Å². The minimum absolute atomic E-state index is 0.0205. The Kier molecular flexibility index (Phi) is 3.85. The minimum atomic E-state index is -0.108. The van der Waals surface area contributed by atoms with Crippen LogP contribution >= 0.6 is 11.3 Å². The molecule has 0 N–H and O–H groups in total. The molecule has 0 saturated carbocycles. The van der Waals surface area contributed by atoms with Gasteiger partial charge in [-0.1, -0.05) is 13.8 Å². The summed E-state index contributed by atoms with van der Waals surface area (Å²) in [5.74, 6) is 0.0586. The summed E-state index contributed by atoms with van der Waals surface area (Å²) in [6.07, 6.45) is 2.28. The highest BCUT2D eigenvalue weighted by atomic mass is 32.1. The monoisotopic (exact) mass is 278 g/mol. The third kappa shape index (κ3) is 2.47. The average molecular weight is 278 g/mol. The molecule has 0 aliphatic rings. The number of aryl methyl sites for hydroxylation is 2. The highest BCUT2D eigenvalue weighted by Crippen LogP contribution is 2.25. The number of Topliss-reactive ketones (excluding diaryl/α,β-unsaturated/α-hetero) is 1. The van der Waals surface area contributed by atoms with Crippen molar-refractivity contribution >= 4 is 27.3 Å². The molecule has 0 spiro atoms. The molecular formula is C14H18N2O2S. The number of fused-ring (bicyclic) bond motifs is 1. The summed E-state index contributed by atoms with van der Waals surface area (Å²) < 4.78 is 1.43. The van der Waals surface area contributed by atoms with Gasteiger partial charge in [-0.2, -0.15) is 0 Å². The first kappa shape index (κ1) is 13.9. The molecule has 0 bridgehead atoms. The highest BCUT2D eigenvalue weighted by Gasteiger charge is 2.15. The van der Waals surface area contributed by atoms with E-state index in [1.165, 1.54) is 22.2 Å². The van der Waals surface area contributed by atoms with Crippen LogP contribution in [-0.2, 0) is 11.3 Å². The van der Waals surface area contributed by atoms with Crippen molar-refractivity contribution in [3.63, 3.8) is 0 Å². The van der Waals surface area contributed by atoms with E-state index in [1.807, 2.05) is 27.7 Å². The first-order valence-corrected chi connectivity index (χ1v) is 7.25. The van der Waals surface area contributed by atoms with Gasteiger partial charge in [-0.3, -0.25) is 14.2 Å². The van der Waals surface area contributed by atoms with Crippen LogP contribution < -0.4 is 5.56 Å². The fraction of sp³-hybridized carbons (Fsp3) is 0.500. The van der Waals surface area contributed by atoms with Gasteiger partial charge >= 0.3 is 0 Å². The topological polar surface area (TPSA) is 52.0 Å². The lowest BCUT2D eigenvalue weighted by molar-refractivity contribution is -0.123. The molecule has 2 heterocycles. The number of rotatable bonds is 4. The van der Waals surface area contributed by atoms with E-state index < -0.39 is 0 Å². The molecule has 2 aromatic rings. The molecule has 19 heavy (non-hydrogen) atoms. The van der Waals surface area contributed by atoms with Crippen molar-refractivity contribution in [2.45, 2.75) is 40.7 Å². The van der Waals surface area contributed by atoms with Crippen molar-refractivity contribution in [2.75, 3.05) is 0 Å². The molecular weight excluding hydrogens is 260 g/mol. The number of ketones is 1. The van der Waals surface area contributed by atoms with Crippen LogP contribution in [0.5, 0.6) is 0 Å². The zero-order valence-electron chi connectivity index (χ0n) is 11.7. The van der Waals surface area contributed by atoms with E-state index in [-0.39, 0.29) is 23.8 Å². The van der Waals surface area contributed by atoms with E-state index >= 15 is 0 Å². The van der Waals surface area contributed by atoms with Crippen LogP contribution in [0, 0.1) is 19.8 Å². The Morgan fingerprint density at radius 1 is 1.47 bits per heavy atom. The van der Waals surface area contributed by atoms with Crippen LogP contribution in [-0.4, -0.2) is 15.3 Å². The van der Waals surface area contributed by atoms with Gasteiger partial charge in [0.05, 0.1) is 18.3 Å². The summed E-state index contributed by atoms with van der Waals surface area (Å²) in [4.78, 5) is 30.5. The van der Waals surface area contributed by atoms with Crippen LogP contribution in [0.15, 0.2) is 11.1 Å². The van der Waals surface area contributed by atoms with Gasteiger partial charge in [-0.05, 0) is 25.8 Å². The van der Waals surface area contributed by atoms with E-state index in [0.717, 1.165) is 21.7 Å². The number of hydrogen-bond donors (Lipinski definition) is 0. The fourth-order valence-corrected chi connectivity index (χ4v) is 2.92. The standard InChI is InChI=1S/C14H18N2O2S/c1-5-8(2)11(17)6-16-7-15-13-12(14(16)18)9(3)10(4)19-13/h7-8H,5-6H2,1-4H3. The van der Waals surface area contributed by atoms with Crippen molar-refractivity contribution in [3.8, 4) is 0 Å². The molecule has 0 aliphatic heterocycles. The van der Waals surface area contributed by atoms with E-state index in [4.69, 9.17) is 0 Å². The number of thiophene rings is 1. The van der Waals surface area contributed by atoms with Crippen LogP contribution in [0.25, 0.3) is 10.2 Å². The van der Waals surface area contributed by atoms with Crippen LogP contribution in [0.2, 0.25) is 0 Å². The second-order valence-corrected chi connectivity index (χ2v) is 6.12. The maximum Gasteiger partial charge on any atom is 0.262 e. The highest BCUT2D eigenvalue weighted by molar-refractivity contribution is 7.18. The largest absolute Gasteiger partial charge is 0.297 e. The van der Waals surface area contributed by atoms with Crippen molar-refractivity contribution in [3.05, 3.63) is 27.1 Å². The molecule has 4 nitrogen and oxygen atoms in total. The molecule has 0 fully saturated rings. The van der Waals surface area contributed by atoms with Gasteiger partial charge in [-0.25, -0.2) is 4.98 Å². The lowest BCUT2D eigenvalue weighted by Gasteiger charge is -2.09. The number of nitrogens with zero attached hydrogens (tertiary/aromatic N) is 2. The second kappa shape index (κ2) is 5.25. The van der Waals surface area contributed by atoms with Crippen LogP contribution in [0.4, 0.5) is 0 Å². The maximum atomic E-state index is 12.4. The predicted molar refractivity (Wildman–Crippen MR) is 77.8 cm³/mol. The normalized spacial score (nSPS) is 12.8. The van der Waals surface area contributed by atoms with Gasteiger partial charge in [0.2, 0.25) is 0 Å². The Hall–Kier alpha value is -1.49. The third-order valence-corrected chi connectivity index (χ3v) is 4.76. The summed E-state index contributed by atoms with van der Waals surface area (Å²) in [6, 6.07) is 0. The zero-order valence-corrected chi connectivity index (χ0v) is 12.5. The Balaban J connectivity index is 2.46. The summed E-state index contributed by atoms with van der Waals surface area (Å²) in [5, 5.41) is 0.655. The Labute approximate surface area is 116 Å². The lowest BCUT2D eigenvalue weighted by atomic mass is 10.0. The predicted octanol–water partition coefficient (Wildman–Crippen LogP) is 2.69. The Morgan fingerprint density at radius 2 is 2.16 bits per heavy atom. The van der Waals surface area contributed by atoms with Crippen molar-refractivity contribution in [2.24, 2.45) is 5.92 Å². The molecule has 2 aromatic heterocycles. The van der Waals surface area contributed by atoms with E-state index in [0.29, 0.717) is 5.39 Å². The van der Waals surface area contributed by atoms with E-state index in [2.05, 4.69) is 4.98 Å². The zero-order chi connectivity index (χ0) is 14.2. The average Bonchev–Trinajstić information content (AvgIpc) is 2.68. The Bertz CT molecular complexity index is 685. The summed E-state index contributed by atoms with van der Waals surface area (Å²) >= 11 is 1.52. The smallest absolute Gasteiger partial charge is 0.262 e. The molecule has 0 amide bonds. The first-order chi connectivity index (χ1) is 8.95. The lowest BCUT2D eigenvalue weighted by Crippen LogP contribution is -2.27. The molecule has 5 heteroatoms. The molecule has 0 aromatic carbocycles. The first-order valence-electron chi connectivity index (χ1n) is 6.43. The quantitative estimate of drug-likeness (QED) is 0.864. The van der Waals surface area contributed by atoms with E-state index in [9.17, 15) is 9.59 Å². The molecule has 102 valence electrons. The van der Waals surface area contributed by atoms with Crippen molar-refractivity contribution in [1.29, 1.82) is 0 Å². The van der Waals surface area contributed by atoms with Crippen molar-refractivity contribution in [1.82, 2.24) is 9.55 Å². The SMILES string of the molecule is CCC(C)C(=O)Cn1cnc2sc(C)c(C)c2c1=O. The number of aromatic nitrogens is 2. The van der Waals surface area contributed by atoms with Gasteiger partial charge < -0.3 is 0 Å². The molecule has 0 aliphatic carbocycles. The fourth-order valence-electron chi connectivity index (χ4n) is 1.93. The number of hydrogen-bond acceptors (Lipinski definition) is 4. The van der Waals surface area contributed by atoms with E-state index in [1.54, 1.807) is 0 Å². The summed E-state index contributed by atoms with van der Waals surface area (Å²) in [7, 11) is 0. The molecule has 1 unspecified atom stereocenters. The maximum absolute atomic E-state index is 12.4. The summed E-state index contributed by atoms with van der Waals surface area (Å²) in [5.41, 5.74) is 0.867. The third-order valence-electron chi connectivity index (χ3n) is 3.64. The molecule has 0 saturated heterocycles. The van der Waals surface area contributed by atoms with Gasteiger partial charge in [-0.15, -0.1) is 11.3 Å². The molecule has 1 atom stereocenters. The summed E-state index contributed by atoms with van der Waals surface area (Å²) in [6.45, 7) is 7.89. The molecule has 0 radical (unpaired) electrons. The Morgan fingerprint density at radius 3 is 2.79 bits per heavy atom. The van der Waals surface area contributed by atoms with Crippen LogP contribution in [0.1, 0.15) is 30.7 Å². The number of carbonyl (C=O) groups is 1. The van der Waals surface area contributed by atoms with Crippen LogP contribution in [0.3, 0.4) is 0 Å². The van der Waals surface area contributed by atoms with Gasteiger partial charge in [0, 0.05) is 10.8 Å². The molecule has 2 rings (SSSR count). The second-order valence-electron chi connectivity index (χ2n) is 4.92. The van der Waals surface area contributed by atoms with Gasteiger partial charge in [0.15, 0.2) is 5.78 Å². The van der Waals surface area contributed by atoms with Gasteiger partial charge in [0.1, 0.15) is 4.83 Å². The number of carbonyl (C=O) groups excluding carboxylic acids is 1.